The molecule has 2 saturated heterocycles. The van der Waals surface area contributed by atoms with Crippen molar-refractivity contribution in [2.75, 3.05) is 57.9 Å². The van der Waals surface area contributed by atoms with E-state index in [1.807, 2.05) is 19.1 Å². The number of aliphatic hydroxyl groups excluding tert-OH is 1. The molecule has 1 spiro atoms. The Bertz CT molecular complexity index is 1250. The van der Waals surface area contributed by atoms with Crippen LogP contribution in [-0.4, -0.2) is 85.6 Å². The Morgan fingerprint density at radius 3 is 2.41 bits per heavy atom. The number of anilines is 1. The Hall–Kier alpha value is -3.69. The van der Waals surface area contributed by atoms with Gasteiger partial charge in [0, 0.05) is 43.9 Å². The summed E-state index contributed by atoms with van der Waals surface area (Å²) in [6.07, 6.45) is 0.568. The van der Waals surface area contributed by atoms with Crippen LogP contribution in [0.2, 0.25) is 0 Å². The molecule has 9 nitrogen and oxygen atoms in total. The largest absolute Gasteiger partial charge is 0.507 e. The lowest BCUT2D eigenvalue weighted by molar-refractivity contribution is -0.143. The standard InChI is InChI=1S/C28H31N3O6/c1-3-30-22-8-5-4-7-21(22)28(27(30)35)23(24(32)19-9-11-20(36-2)12-10-19)25(33)26(34)31(28)14-6-13-29-15-17-37-18-16-29/h4-5,7-12,32H,3,6,13-18H2,1-2H3/b24-23-. The van der Waals surface area contributed by atoms with Crippen LogP contribution in [0.25, 0.3) is 5.76 Å². The van der Waals surface area contributed by atoms with Crippen molar-refractivity contribution in [2.45, 2.75) is 18.9 Å². The second-order valence-corrected chi connectivity index (χ2v) is 9.32. The summed E-state index contributed by atoms with van der Waals surface area (Å²) in [6.45, 7) is 6.02. The van der Waals surface area contributed by atoms with Crippen molar-refractivity contribution in [1.29, 1.82) is 0 Å². The molecule has 1 N–H and O–H groups in total. The molecule has 0 saturated carbocycles. The first-order valence-corrected chi connectivity index (χ1v) is 12.6. The van der Waals surface area contributed by atoms with Gasteiger partial charge in [-0.3, -0.25) is 19.3 Å². The number of nitrogens with zero attached hydrogens (tertiary/aromatic N) is 3. The Morgan fingerprint density at radius 2 is 1.73 bits per heavy atom. The fourth-order valence-corrected chi connectivity index (χ4v) is 5.65. The molecule has 194 valence electrons. The van der Waals surface area contributed by atoms with Gasteiger partial charge in [0.05, 0.1) is 31.6 Å². The third-order valence-electron chi connectivity index (χ3n) is 7.45. The number of likely N-dealkylation sites (tertiary alicyclic amines) is 1. The van der Waals surface area contributed by atoms with Crippen molar-refractivity contribution in [1.82, 2.24) is 9.80 Å². The maximum absolute atomic E-state index is 14.2. The van der Waals surface area contributed by atoms with Gasteiger partial charge < -0.3 is 24.4 Å². The van der Waals surface area contributed by atoms with Crippen molar-refractivity contribution in [3.8, 4) is 5.75 Å². The molecule has 3 heterocycles. The van der Waals surface area contributed by atoms with Gasteiger partial charge in [0.15, 0.2) is 5.54 Å². The third kappa shape index (κ3) is 3.89. The number of aliphatic hydroxyl groups is 1. The fourth-order valence-electron chi connectivity index (χ4n) is 5.65. The predicted octanol–water partition coefficient (Wildman–Crippen LogP) is 2.36. The zero-order valence-corrected chi connectivity index (χ0v) is 21.1. The number of carbonyl (C=O) groups is 3. The van der Waals surface area contributed by atoms with Crippen LogP contribution >= 0.6 is 0 Å². The second kappa shape index (κ2) is 9.99. The molecule has 9 heteroatoms. The van der Waals surface area contributed by atoms with Gasteiger partial charge in [0.2, 0.25) is 0 Å². The number of amides is 2. The number of ketones is 1. The minimum absolute atomic E-state index is 0.192. The van der Waals surface area contributed by atoms with Crippen molar-refractivity contribution in [2.24, 2.45) is 0 Å². The van der Waals surface area contributed by atoms with E-state index in [-0.39, 0.29) is 17.9 Å². The van der Waals surface area contributed by atoms with Gasteiger partial charge in [-0.2, -0.15) is 0 Å². The SMILES string of the molecule is CCN1C(=O)C2(/C(=C(\O)c3ccc(OC)cc3)C(=O)C(=O)N2CCCN2CCOCC2)c2ccccc21. The predicted molar refractivity (Wildman–Crippen MR) is 137 cm³/mol. The van der Waals surface area contributed by atoms with E-state index in [4.69, 9.17) is 9.47 Å². The highest BCUT2D eigenvalue weighted by atomic mass is 16.5. The molecule has 0 radical (unpaired) electrons. The number of carbonyl (C=O) groups excluding carboxylic acids is 3. The zero-order valence-electron chi connectivity index (χ0n) is 21.1. The number of rotatable bonds is 7. The Balaban J connectivity index is 1.63. The third-order valence-corrected chi connectivity index (χ3v) is 7.45. The highest BCUT2D eigenvalue weighted by Gasteiger charge is 2.66. The molecule has 2 aromatic carbocycles. The van der Waals surface area contributed by atoms with E-state index in [0.29, 0.717) is 55.3 Å². The van der Waals surface area contributed by atoms with E-state index in [9.17, 15) is 19.5 Å². The van der Waals surface area contributed by atoms with Crippen molar-refractivity contribution < 1.29 is 29.0 Å². The fraction of sp³-hybridized carbons (Fsp3) is 0.393. The van der Waals surface area contributed by atoms with Gasteiger partial charge in [-0.1, -0.05) is 18.2 Å². The highest BCUT2D eigenvalue weighted by Crippen LogP contribution is 2.53. The lowest BCUT2D eigenvalue weighted by Crippen LogP contribution is -2.52. The van der Waals surface area contributed by atoms with Crippen molar-refractivity contribution in [3.63, 3.8) is 0 Å². The number of benzene rings is 2. The van der Waals surface area contributed by atoms with Gasteiger partial charge in [-0.05, 0) is 43.7 Å². The first-order chi connectivity index (χ1) is 17.9. The van der Waals surface area contributed by atoms with Gasteiger partial charge in [0.1, 0.15) is 11.5 Å². The number of morpholine rings is 1. The number of hydrogen-bond acceptors (Lipinski definition) is 7. The average molecular weight is 506 g/mol. The molecule has 2 amide bonds. The summed E-state index contributed by atoms with van der Waals surface area (Å²) >= 11 is 0. The molecule has 3 aliphatic heterocycles. The van der Waals surface area contributed by atoms with Crippen LogP contribution in [0.5, 0.6) is 5.75 Å². The van der Waals surface area contributed by atoms with Gasteiger partial charge in [0.25, 0.3) is 17.6 Å². The maximum atomic E-state index is 14.2. The molecule has 0 aliphatic carbocycles. The Labute approximate surface area is 215 Å². The van der Waals surface area contributed by atoms with Crippen LogP contribution < -0.4 is 9.64 Å². The van der Waals surface area contributed by atoms with Crippen molar-refractivity contribution >= 4 is 29.0 Å². The molecule has 2 aromatic rings. The zero-order chi connectivity index (χ0) is 26.2. The lowest BCUT2D eigenvalue weighted by Gasteiger charge is -2.35. The van der Waals surface area contributed by atoms with Crippen molar-refractivity contribution in [3.05, 3.63) is 65.2 Å². The number of Topliss-reactive ketones (excluding diaryl/α,β-unsaturated/α-hetero) is 1. The lowest BCUT2D eigenvalue weighted by atomic mass is 9.82. The van der Waals surface area contributed by atoms with E-state index >= 15 is 0 Å². The van der Waals surface area contributed by atoms with Crippen LogP contribution in [0, 0.1) is 0 Å². The number of ether oxygens (including phenoxy) is 2. The maximum Gasteiger partial charge on any atom is 0.296 e. The summed E-state index contributed by atoms with van der Waals surface area (Å²) in [4.78, 5) is 46.6. The summed E-state index contributed by atoms with van der Waals surface area (Å²) in [6, 6.07) is 13.7. The molecule has 5 rings (SSSR count). The normalized spacial score (nSPS) is 23.2. The first kappa shape index (κ1) is 25.0. The summed E-state index contributed by atoms with van der Waals surface area (Å²) in [5.41, 5.74) is -0.428. The van der Waals surface area contributed by atoms with E-state index < -0.39 is 23.1 Å². The minimum Gasteiger partial charge on any atom is -0.507 e. The number of para-hydroxylation sites is 1. The summed E-state index contributed by atoms with van der Waals surface area (Å²) < 4.78 is 10.6. The smallest absolute Gasteiger partial charge is 0.296 e. The topological polar surface area (TPSA) is 99.6 Å². The quantitative estimate of drug-likeness (QED) is 0.350. The van der Waals surface area contributed by atoms with Crippen LogP contribution in [0.1, 0.15) is 24.5 Å². The van der Waals surface area contributed by atoms with Crippen LogP contribution in [0.3, 0.4) is 0 Å². The molecule has 0 aromatic heterocycles. The summed E-state index contributed by atoms with van der Waals surface area (Å²) in [5, 5.41) is 11.5. The molecule has 3 aliphatic rings. The monoisotopic (exact) mass is 505 g/mol. The van der Waals surface area contributed by atoms with Crippen LogP contribution in [-0.2, 0) is 24.7 Å². The van der Waals surface area contributed by atoms with E-state index in [0.717, 1.165) is 13.1 Å². The summed E-state index contributed by atoms with van der Waals surface area (Å²) in [7, 11) is 1.53. The van der Waals surface area contributed by atoms with Gasteiger partial charge >= 0.3 is 0 Å². The number of fused-ring (bicyclic) bond motifs is 2. The molecule has 1 atom stereocenters. The van der Waals surface area contributed by atoms with E-state index in [2.05, 4.69) is 4.90 Å². The van der Waals surface area contributed by atoms with E-state index in [1.54, 1.807) is 41.3 Å². The van der Waals surface area contributed by atoms with E-state index in [1.165, 1.54) is 12.0 Å². The van der Waals surface area contributed by atoms with Crippen LogP contribution in [0.4, 0.5) is 5.69 Å². The van der Waals surface area contributed by atoms with Gasteiger partial charge in [-0.15, -0.1) is 0 Å². The highest BCUT2D eigenvalue weighted by molar-refractivity contribution is 6.50. The molecule has 0 bridgehead atoms. The number of methoxy groups -OCH3 is 1. The van der Waals surface area contributed by atoms with Gasteiger partial charge in [-0.25, -0.2) is 0 Å². The summed E-state index contributed by atoms with van der Waals surface area (Å²) in [5.74, 6) is -1.84. The van der Waals surface area contributed by atoms with Crippen LogP contribution in [0.15, 0.2) is 54.1 Å². The molecule has 37 heavy (non-hydrogen) atoms. The minimum atomic E-state index is -1.73. The Morgan fingerprint density at radius 1 is 1.03 bits per heavy atom. The average Bonchev–Trinajstić information content (AvgIpc) is 3.31. The second-order valence-electron chi connectivity index (χ2n) is 9.32. The molecular weight excluding hydrogens is 474 g/mol. The number of likely N-dealkylation sites (N-methyl/N-ethyl adjacent to an activating group) is 1. The number of hydrogen-bond donors (Lipinski definition) is 1. The molecule has 2 fully saturated rings. The molecule has 1 unspecified atom stereocenters. The Kier molecular flexibility index (Phi) is 6.74. The first-order valence-electron chi connectivity index (χ1n) is 12.6. The molecular formula is C28H31N3O6.